The lowest BCUT2D eigenvalue weighted by atomic mass is 10.0. The van der Waals surface area contributed by atoms with Gasteiger partial charge in [0, 0.05) is 11.9 Å². The third-order valence-electron chi connectivity index (χ3n) is 2.88. The minimum atomic E-state index is -0.0983. The van der Waals surface area contributed by atoms with Crippen LogP contribution in [-0.4, -0.2) is 22.4 Å². The van der Waals surface area contributed by atoms with Gasteiger partial charge in [0.2, 0.25) is 5.95 Å². The predicted molar refractivity (Wildman–Crippen MR) is 76.0 cm³/mol. The van der Waals surface area contributed by atoms with Crippen LogP contribution in [0.1, 0.15) is 36.3 Å². The van der Waals surface area contributed by atoms with E-state index in [9.17, 15) is 4.79 Å². The lowest BCUT2D eigenvalue weighted by Crippen LogP contribution is -2.23. The van der Waals surface area contributed by atoms with Crippen LogP contribution < -0.4 is 11.1 Å². The van der Waals surface area contributed by atoms with Gasteiger partial charge in [0.25, 0.3) is 5.91 Å². The molecule has 0 spiro atoms. The third-order valence-corrected chi connectivity index (χ3v) is 2.88. The molecule has 5 nitrogen and oxygen atoms in total. The molecule has 0 bridgehead atoms. The number of hydrogen-bond donors (Lipinski definition) is 2. The fraction of sp³-hybridized carbons (Fsp3) is 0.357. The summed E-state index contributed by atoms with van der Waals surface area (Å²) in [5.41, 5.74) is 7.89. The second-order valence-corrected chi connectivity index (χ2v) is 4.34. The first kappa shape index (κ1) is 13.3. The second kappa shape index (κ2) is 5.65. The number of hydrogen-bond acceptors (Lipinski definition) is 4. The van der Waals surface area contributed by atoms with Crippen molar-refractivity contribution >= 4 is 22.8 Å². The Bertz CT molecular complexity index is 610. The van der Waals surface area contributed by atoms with Crippen molar-refractivity contribution in [3.8, 4) is 0 Å². The highest BCUT2D eigenvalue weighted by atomic mass is 16.1. The van der Waals surface area contributed by atoms with E-state index in [4.69, 9.17) is 5.73 Å². The molecule has 1 aromatic carbocycles. The molecule has 1 aromatic heterocycles. The van der Waals surface area contributed by atoms with Crippen LogP contribution in [0.5, 0.6) is 0 Å². The zero-order chi connectivity index (χ0) is 13.8. The predicted octanol–water partition coefficient (Wildman–Crippen LogP) is 1.91. The fourth-order valence-electron chi connectivity index (χ4n) is 2.14. The Kier molecular flexibility index (Phi) is 3.94. The number of rotatable bonds is 4. The maximum absolute atomic E-state index is 12.1. The van der Waals surface area contributed by atoms with Crippen LogP contribution in [0.15, 0.2) is 18.2 Å². The van der Waals surface area contributed by atoms with Crippen molar-refractivity contribution in [2.45, 2.75) is 26.7 Å². The molecule has 0 atom stereocenters. The Labute approximate surface area is 112 Å². The van der Waals surface area contributed by atoms with Gasteiger partial charge in [-0.25, -0.2) is 9.97 Å². The molecule has 3 N–H and O–H groups in total. The molecular weight excluding hydrogens is 240 g/mol. The first-order valence-corrected chi connectivity index (χ1v) is 6.50. The van der Waals surface area contributed by atoms with Crippen molar-refractivity contribution in [2.24, 2.45) is 0 Å². The van der Waals surface area contributed by atoms with E-state index in [1.165, 1.54) is 0 Å². The van der Waals surface area contributed by atoms with Crippen LogP contribution in [-0.2, 0) is 6.42 Å². The summed E-state index contributed by atoms with van der Waals surface area (Å²) >= 11 is 0. The van der Waals surface area contributed by atoms with E-state index in [0.717, 1.165) is 29.4 Å². The summed E-state index contributed by atoms with van der Waals surface area (Å²) in [5.74, 6) is 0.155. The van der Waals surface area contributed by atoms with E-state index in [1.807, 2.05) is 19.1 Å². The highest BCUT2D eigenvalue weighted by Crippen LogP contribution is 2.22. The van der Waals surface area contributed by atoms with E-state index in [2.05, 4.69) is 22.2 Å². The molecule has 0 aliphatic rings. The Morgan fingerprint density at radius 1 is 1.32 bits per heavy atom. The van der Waals surface area contributed by atoms with Crippen molar-refractivity contribution in [3.05, 3.63) is 29.5 Å². The Morgan fingerprint density at radius 2 is 2.11 bits per heavy atom. The number of anilines is 1. The molecule has 100 valence electrons. The van der Waals surface area contributed by atoms with Gasteiger partial charge in [-0.15, -0.1) is 0 Å². The van der Waals surface area contributed by atoms with E-state index in [1.54, 1.807) is 6.07 Å². The topological polar surface area (TPSA) is 80.9 Å². The van der Waals surface area contributed by atoms with E-state index < -0.39 is 0 Å². The van der Waals surface area contributed by atoms with Crippen molar-refractivity contribution < 1.29 is 4.79 Å². The van der Waals surface area contributed by atoms with Gasteiger partial charge < -0.3 is 11.1 Å². The molecule has 0 aliphatic carbocycles. The zero-order valence-corrected chi connectivity index (χ0v) is 11.2. The normalized spacial score (nSPS) is 10.6. The van der Waals surface area contributed by atoms with Gasteiger partial charge in [0.05, 0.1) is 16.8 Å². The lowest BCUT2D eigenvalue weighted by Gasteiger charge is -2.10. The second-order valence-electron chi connectivity index (χ2n) is 4.34. The Balaban J connectivity index is 2.67. The highest BCUT2D eigenvalue weighted by Gasteiger charge is 2.14. The van der Waals surface area contributed by atoms with Crippen molar-refractivity contribution in [1.29, 1.82) is 0 Å². The monoisotopic (exact) mass is 258 g/mol. The third kappa shape index (κ3) is 2.65. The number of carbonyl (C=O) groups excluding carboxylic acids is 1. The summed E-state index contributed by atoms with van der Waals surface area (Å²) in [4.78, 5) is 20.6. The summed E-state index contributed by atoms with van der Waals surface area (Å²) in [6.07, 6.45) is 1.72. The SMILES string of the molecule is CCCc1nc(N)nc2cccc(C(=O)NCC)c12. The van der Waals surface area contributed by atoms with Gasteiger partial charge in [0.1, 0.15) is 0 Å². The van der Waals surface area contributed by atoms with Gasteiger partial charge in [0.15, 0.2) is 0 Å². The molecule has 0 unspecified atom stereocenters. The maximum Gasteiger partial charge on any atom is 0.252 e. The van der Waals surface area contributed by atoms with Gasteiger partial charge in [-0.3, -0.25) is 4.79 Å². The standard InChI is InChI=1S/C14H18N4O/c1-3-6-10-12-9(13(19)16-4-2)7-5-8-11(12)18-14(15)17-10/h5,7-8H,3-4,6H2,1-2H3,(H,16,19)(H2,15,17,18). The van der Waals surface area contributed by atoms with Crippen molar-refractivity contribution in [1.82, 2.24) is 15.3 Å². The first-order chi connectivity index (χ1) is 9.17. The average Bonchev–Trinajstić information content (AvgIpc) is 2.38. The van der Waals surface area contributed by atoms with Gasteiger partial charge in [-0.05, 0) is 25.5 Å². The van der Waals surface area contributed by atoms with Crippen LogP contribution in [0.3, 0.4) is 0 Å². The van der Waals surface area contributed by atoms with E-state index in [-0.39, 0.29) is 11.9 Å². The molecule has 0 saturated carbocycles. The summed E-state index contributed by atoms with van der Waals surface area (Å²) in [6.45, 7) is 4.55. The molecule has 0 saturated heterocycles. The van der Waals surface area contributed by atoms with Gasteiger partial charge >= 0.3 is 0 Å². The summed E-state index contributed by atoms with van der Waals surface area (Å²) in [6, 6.07) is 5.47. The number of nitrogen functional groups attached to an aromatic ring is 1. The van der Waals surface area contributed by atoms with Crippen LogP contribution >= 0.6 is 0 Å². The van der Waals surface area contributed by atoms with Gasteiger partial charge in [-0.2, -0.15) is 0 Å². The maximum atomic E-state index is 12.1. The van der Waals surface area contributed by atoms with Crippen LogP contribution in [0.25, 0.3) is 10.9 Å². The molecule has 0 radical (unpaired) electrons. The molecular formula is C14H18N4O. The number of aryl methyl sites for hydroxylation is 1. The minimum Gasteiger partial charge on any atom is -0.368 e. The number of fused-ring (bicyclic) bond motifs is 1. The summed E-state index contributed by atoms with van der Waals surface area (Å²) in [7, 11) is 0. The number of nitrogens with two attached hydrogens (primary N) is 1. The van der Waals surface area contributed by atoms with Gasteiger partial charge in [-0.1, -0.05) is 19.4 Å². The molecule has 1 heterocycles. The highest BCUT2D eigenvalue weighted by molar-refractivity contribution is 6.07. The van der Waals surface area contributed by atoms with Crippen LogP contribution in [0, 0.1) is 0 Å². The molecule has 19 heavy (non-hydrogen) atoms. The summed E-state index contributed by atoms with van der Waals surface area (Å²) in [5, 5.41) is 3.62. The summed E-state index contributed by atoms with van der Waals surface area (Å²) < 4.78 is 0. The van der Waals surface area contributed by atoms with E-state index in [0.29, 0.717) is 12.1 Å². The van der Waals surface area contributed by atoms with Crippen LogP contribution in [0.2, 0.25) is 0 Å². The number of nitrogens with one attached hydrogen (secondary N) is 1. The van der Waals surface area contributed by atoms with Crippen LogP contribution in [0.4, 0.5) is 5.95 Å². The van der Waals surface area contributed by atoms with Crippen molar-refractivity contribution in [2.75, 3.05) is 12.3 Å². The molecule has 5 heteroatoms. The molecule has 2 rings (SSSR count). The smallest absolute Gasteiger partial charge is 0.252 e. The zero-order valence-electron chi connectivity index (χ0n) is 11.2. The van der Waals surface area contributed by atoms with Crippen molar-refractivity contribution in [3.63, 3.8) is 0 Å². The number of benzene rings is 1. The first-order valence-electron chi connectivity index (χ1n) is 6.50. The lowest BCUT2D eigenvalue weighted by molar-refractivity contribution is 0.0957. The minimum absolute atomic E-state index is 0.0983. The molecule has 1 amide bonds. The largest absolute Gasteiger partial charge is 0.368 e. The number of carbonyl (C=O) groups is 1. The average molecular weight is 258 g/mol. The number of aromatic nitrogens is 2. The molecule has 2 aromatic rings. The quantitative estimate of drug-likeness (QED) is 0.877. The molecule has 0 aliphatic heterocycles. The fourth-order valence-corrected chi connectivity index (χ4v) is 2.14. The number of nitrogens with zero attached hydrogens (tertiary/aromatic N) is 2. The van der Waals surface area contributed by atoms with E-state index >= 15 is 0 Å². The number of amides is 1. The molecule has 0 fully saturated rings. The Hall–Kier alpha value is -2.17. The Morgan fingerprint density at radius 3 is 2.79 bits per heavy atom.